The van der Waals surface area contributed by atoms with Gasteiger partial charge in [0.05, 0.1) is 0 Å². The first-order valence-corrected chi connectivity index (χ1v) is 8.96. The van der Waals surface area contributed by atoms with Crippen LogP contribution >= 0.6 is 15.9 Å². The smallest absolute Gasteiger partial charge is 0.224 e. The van der Waals surface area contributed by atoms with Crippen molar-refractivity contribution in [3.63, 3.8) is 0 Å². The minimum atomic E-state index is 0.204. The molecule has 4 aliphatic rings. The van der Waals surface area contributed by atoms with Crippen LogP contribution in [0.25, 0.3) is 0 Å². The van der Waals surface area contributed by atoms with Gasteiger partial charge in [-0.25, -0.2) is 0 Å². The molecule has 0 heterocycles. The highest BCUT2D eigenvalue weighted by Gasteiger charge is 2.50. The summed E-state index contributed by atoms with van der Waals surface area (Å²) < 4.78 is 1.07. The SMILES string of the molecule is CC(=O)N(c1ccc(Br)cc1)C1C2CC3CC(C2)CC1C3. The van der Waals surface area contributed by atoms with E-state index >= 15 is 0 Å². The monoisotopic (exact) mass is 347 g/mol. The molecule has 3 heteroatoms. The van der Waals surface area contributed by atoms with Gasteiger partial charge < -0.3 is 4.90 Å². The van der Waals surface area contributed by atoms with Crippen LogP contribution in [0.15, 0.2) is 28.7 Å². The van der Waals surface area contributed by atoms with Crippen molar-refractivity contribution in [2.75, 3.05) is 4.90 Å². The quantitative estimate of drug-likeness (QED) is 0.763. The lowest BCUT2D eigenvalue weighted by molar-refractivity contribution is -0.119. The summed E-state index contributed by atoms with van der Waals surface area (Å²) in [5.74, 6) is 3.56. The second-order valence-electron chi connectivity index (χ2n) is 7.29. The first-order chi connectivity index (χ1) is 10.1. The molecule has 0 atom stereocenters. The molecule has 0 aliphatic heterocycles. The minimum absolute atomic E-state index is 0.204. The van der Waals surface area contributed by atoms with Crippen LogP contribution < -0.4 is 4.90 Å². The van der Waals surface area contributed by atoms with E-state index in [1.807, 2.05) is 12.1 Å². The highest BCUT2D eigenvalue weighted by atomic mass is 79.9. The summed E-state index contributed by atoms with van der Waals surface area (Å²) in [6.07, 6.45) is 6.84. The van der Waals surface area contributed by atoms with Gasteiger partial charge in [0.25, 0.3) is 0 Å². The number of carbonyl (C=O) groups excluding carboxylic acids is 1. The zero-order valence-electron chi connectivity index (χ0n) is 12.5. The van der Waals surface area contributed by atoms with Crippen molar-refractivity contribution in [2.24, 2.45) is 23.7 Å². The summed E-state index contributed by atoms with van der Waals surface area (Å²) >= 11 is 3.49. The van der Waals surface area contributed by atoms with Crippen LogP contribution in [-0.4, -0.2) is 11.9 Å². The lowest BCUT2D eigenvalue weighted by Crippen LogP contribution is -2.57. The molecular weight excluding hydrogens is 326 g/mol. The van der Waals surface area contributed by atoms with Crippen LogP contribution in [0.5, 0.6) is 0 Å². The summed E-state index contributed by atoms with van der Waals surface area (Å²) in [5.41, 5.74) is 1.07. The van der Waals surface area contributed by atoms with Crippen LogP contribution in [0, 0.1) is 23.7 Å². The molecular formula is C18H22BrNO. The van der Waals surface area contributed by atoms with Crippen molar-refractivity contribution in [2.45, 2.75) is 45.1 Å². The number of amides is 1. The molecule has 1 amide bonds. The van der Waals surface area contributed by atoms with E-state index in [2.05, 4.69) is 33.0 Å². The lowest BCUT2D eigenvalue weighted by Gasteiger charge is -2.57. The van der Waals surface area contributed by atoms with Crippen molar-refractivity contribution < 1.29 is 4.79 Å². The molecule has 112 valence electrons. The van der Waals surface area contributed by atoms with Gasteiger partial charge in [0.2, 0.25) is 5.91 Å². The van der Waals surface area contributed by atoms with Crippen LogP contribution in [-0.2, 0) is 4.79 Å². The molecule has 0 saturated heterocycles. The van der Waals surface area contributed by atoms with E-state index in [1.54, 1.807) is 6.92 Å². The van der Waals surface area contributed by atoms with Crippen LogP contribution in [0.1, 0.15) is 39.0 Å². The molecule has 0 unspecified atom stereocenters. The Morgan fingerprint density at radius 2 is 1.52 bits per heavy atom. The number of halogens is 1. The van der Waals surface area contributed by atoms with Gasteiger partial charge in [-0.2, -0.15) is 0 Å². The molecule has 0 radical (unpaired) electrons. The molecule has 21 heavy (non-hydrogen) atoms. The highest BCUT2D eigenvalue weighted by Crippen LogP contribution is 2.55. The molecule has 5 rings (SSSR count). The second-order valence-corrected chi connectivity index (χ2v) is 8.20. The van der Waals surface area contributed by atoms with E-state index in [9.17, 15) is 4.79 Å². The summed E-state index contributed by atoms with van der Waals surface area (Å²) in [7, 11) is 0. The predicted octanol–water partition coefficient (Wildman–Crippen LogP) is 4.63. The average molecular weight is 348 g/mol. The van der Waals surface area contributed by atoms with Crippen molar-refractivity contribution in [3.8, 4) is 0 Å². The van der Waals surface area contributed by atoms with E-state index in [0.29, 0.717) is 6.04 Å². The molecule has 1 aromatic carbocycles. The Kier molecular flexibility index (Phi) is 3.36. The first kappa shape index (κ1) is 13.8. The summed E-state index contributed by atoms with van der Waals surface area (Å²) in [4.78, 5) is 14.5. The first-order valence-electron chi connectivity index (χ1n) is 8.17. The van der Waals surface area contributed by atoms with Crippen molar-refractivity contribution in [1.29, 1.82) is 0 Å². The summed E-state index contributed by atoms with van der Waals surface area (Å²) in [5, 5.41) is 0. The van der Waals surface area contributed by atoms with Crippen molar-refractivity contribution in [1.82, 2.24) is 0 Å². The third-order valence-electron chi connectivity index (χ3n) is 5.92. The number of benzene rings is 1. The largest absolute Gasteiger partial charge is 0.309 e. The molecule has 2 nitrogen and oxygen atoms in total. The number of hydrogen-bond acceptors (Lipinski definition) is 1. The zero-order valence-corrected chi connectivity index (χ0v) is 14.1. The van der Waals surface area contributed by atoms with Crippen LogP contribution in [0.4, 0.5) is 5.69 Å². The van der Waals surface area contributed by atoms with E-state index in [-0.39, 0.29) is 5.91 Å². The maximum absolute atomic E-state index is 12.4. The van der Waals surface area contributed by atoms with Crippen molar-refractivity contribution >= 4 is 27.5 Å². The molecule has 0 aromatic heterocycles. The van der Waals surface area contributed by atoms with Gasteiger partial charge in [-0.1, -0.05) is 15.9 Å². The number of hydrogen-bond donors (Lipinski definition) is 0. The Hall–Kier alpha value is -0.830. The van der Waals surface area contributed by atoms with Gasteiger partial charge in [-0.05, 0) is 80.0 Å². The summed E-state index contributed by atoms with van der Waals surface area (Å²) in [6, 6.07) is 8.69. The molecule has 4 fully saturated rings. The maximum Gasteiger partial charge on any atom is 0.224 e. The summed E-state index contributed by atoms with van der Waals surface area (Å²) in [6.45, 7) is 1.73. The average Bonchev–Trinajstić information content (AvgIpc) is 2.43. The van der Waals surface area contributed by atoms with E-state index < -0.39 is 0 Å². The molecule has 4 aliphatic carbocycles. The second kappa shape index (κ2) is 5.12. The Labute approximate surface area is 135 Å². The molecule has 4 bridgehead atoms. The molecule has 1 aromatic rings. The molecule has 0 N–H and O–H groups in total. The number of anilines is 1. The fourth-order valence-corrected chi connectivity index (χ4v) is 5.75. The van der Waals surface area contributed by atoms with Gasteiger partial charge in [-0.3, -0.25) is 4.79 Å². The van der Waals surface area contributed by atoms with E-state index in [4.69, 9.17) is 0 Å². The van der Waals surface area contributed by atoms with Gasteiger partial charge in [0, 0.05) is 23.1 Å². The predicted molar refractivity (Wildman–Crippen MR) is 88.1 cm³/mol. The third-order valence-corrected chi connectivity index (χ3v) is 6.45. The van der Waals surface area contributed by atoms with Gasteiger partial charge in [0.1, 0.15) is 0 Å². The van der Waals surface area contributed by atoms with Gasteiger partial charge >= 0.3 is 0 Å². The van der Waals surface area contributed by atoms with E-state index in [1.165, 1.54) is 32.1 Å². The lowest BCUT2D eigenvalue weighted by atomic mass is 9.54. The Balaban J connectivity index is 1.68. The Morgan fingerprint density at radius 1 is 1.00 bits per heavy atom. The number of nitrogens with zero attached hydrogens (tertiary/aromatic N) is 1. The maximum atomic E-state index is 12.4. The fourth-order valence-electron chi connectivity index (χ4n) is 5.48. The van der Waals surface area contributed by atoms with Gasteiger partial charge in [-0.15, -0.1) is 0 Å². The topological polar surface area (TPSA) is 20.3 Å². The van der Waals surface area contributed by atoms with Crippen LogP contribution in [0.2, 0.25) is 0 Å². The normalized spacial score (nSPS) is 36.8. The Morgan fingerprint density at radius 3 is 2.00 bits per heavy atom. The van der Waals surface area contributed by atoms with Crippen LogP contribution in [0.3, 0.4) is 0 Å². The van der Waals surface area contributed by atoms with E-state index in [0.717, 1.165) is 33.8 Å². The van der Waals surface area contributed by atoms with Crippen molar-refractivity contribution in [3.05, 3.63) is 28.7 Å². The molecule has 4 saturated carbocycles. The zero-order chi connectivity index (χ0) is 14.6. The highest BCUT2D eigenvalue weighted by molar-refractivity contribution is 9.10. The van der Waals surface area contributed by atoms with Gasteiger partial charge in [0.15, 0.2) is 0 Å². The molecule has 0 spiro atoms. The standard InChI is InChI=1S/C18H22BrNO/c1-11(21)20(17-4-2-16(19)3-5-17)18-14-7-12-6-13(9-14)10-15(18)8-12/h2-5,12-15,18H,6-10H2,1H3. The number of rotatable bonds is 2. The minimum Gasteiger partial charge on any atom is -0.309 e. The number of carbonyl (C=O) groups is 1. The fraction of sp³-hybridized carbons (Fsp3) is 0.611. The third kappa shape index (κ3) is 2.34. The Bertz CT molecular complexity index is 525.